The van der Waals surface area contributed by atoms with E-state index in [0.717, 1.165) is 17.1 Å². The molecule has 5 nitrogen and oxygen atoms in total. The zero-order valence-corrected chi connectivity index (χ0v) is 10.1. The molecule has 0 unspecified atom stereocenters. The maximum absolute atomic E-state index is 5.50. The number of nitrogens with two attached hydrogens (primary N) is 2. The first-order valence-electron chi connectivity index (χ1n) is 4.58. The van der Waals surface area contributed by atoms with Crippen LogP contribution < -0.4 is 21.1 Å². The first-order chi connectivity index (χ1) is 7.71. The Morgan fingerprint density at radius 3 is 2.69 bits per heavy atom. The van der Waals surface area contributed by atoms with Crippen molar-refractivity contribution in [1.29, 1.82) is 0 Å². The normalized spacial score (nSPS) is 11.2. The van der Waals surface area contributed by atoms with Crippen molar-refractivity contribution < 1.29 is 9.47 Å². The Morgan fingerprint density at radius 1 is 1.38 bits per heavy atom. The van der Waals surface area contributed by atoms with Crippen LogP contribution in [0.5, 0.6) is 11.5 Å². The number of methoxy groups -OCH3 is 2. The number of nitrogens with zero attached hydrogens (tertiary/aromatic N) is 1. The fourth-order valence-corrected chi connectivity index (χ4v) is 1.79. The standard InChI is InChI=1S/C10H15N3O2S/c1-14-8-3-4-9(15-2)7(5-8)6-16-10(11)13-12/h3-5H,6,12H2,1-2H3,(H2,11,13). The Balaban J connectivity index is 2.83. The average Bonchev–Trinajstić information content (AvgIpc) is 2.35. The van der Waals surface area contributed by atoms with Crippen molar-refractivity contribution in [2.45, 2.75) is 5.75 Å². The zero-order chi connectivity index (χ0) is 12.0. The van der Waals surface area contributed by atoms with Crippen LogP contribution in [0.2, 0.25) is 0 Å². The van der Waals surface area contributed by atoms with Gasteiger partial charge in [0, 0.05) is 11.3 Å². The number of rotatable bonds is 4. The predicted octanol–water partition coefficient (Wildman–Crippen LogP) is 1.13. The van der Waals surface area contributed by atoms with Crippen molar-refractivity contribution in [2.75, 3.05) is 14.2 Å². The van der Waals surface area contributed by atoms with Crippen LogP contribution >= 0.6 is 11.8 Å². The van der Waals surface area contributed by atoms with E-state index in [2.05, 4.69) is 5.10 Å². The fourth-order valence-electron chi connectivity index (χ4n) is 1.18. The SMILES string of the molecule is COc1ccc(OC)c(CSC(N)=NN)c1. The summed E-state index contributed by atoms with van der Waals surface area (Å²) in [6, 6.07) is 5.59. The van der Waals surface area contributed by atoms with E-state index >= 15 is 0 Å². The lowest BCUT2D eigenvalue weighted by atomic mass is 10.2. The van der Waals surface area contributed by atoms with E-state index in [9.17, 15) is 0 Å². The Hall–Kier alpha value is -1.56. The lowest BCUT2D eigenvalue weighted by molar-refractivity contribution is 0.400. The molecular formula is C10H15N3O2S. The van der Waals surface area contributed by atoms with Crippen LogP contribution in [0.1, 0.15) is 5.56 Å². The summed E-state index contributed by atoms with van der Waals surface area (Å²) in [4.78, 5) is 0. The van der Waals surface area contributed by atoms with Gasteiger partial charge in [0.2, 0.25) is 0 Å². The highest BCUT2D eigenvalue weighted by molar-refractivity contribution is 8.13. The van der Waals surface area contributed by atoms with Gasteiger partial charge >= 0.3 is 0 Å². The molecule has 88 valence electrons. The van der Waals surface area contributed by atoms with Crippen molar-refractivity contribution in [1.82, 2.24) is 0 Å². The molecule has 0 radical (unpaired) electrons. The molecule has 6 heteroatoms. The van der Waals surface area contributed by atoms with Crippen LogP contribution in [0.25, 0.3) is 0 Å². The Kier molecular flexibility index (Phi) is 4.78. The Labute approximate surface area is 98.8 Å². The van der Waals surface area contributed by atoms with Gasteiger partial charge in [-0.15, -0.1) is 0 Å². The molecule has 0 aliphatic heterocycles. The van der Waals surface area contributed by atoms with Gasteiger partial charge < -0.3 is 21.1 Å². The third kappa shape index (κ3) is 3.23. The van der Waals surface area contributed by atoms with Crippen LogP contribution in [0.15, 0.2) is 23.3 Å². The molecule has 0 saturated carbocycles. The maximum Gasteiger partial charge on any atom is 0.177 e. The second-order valence-corrected chi connectivity index (χ2v) is 3.93. The summed E-state index contributed by atoms with van der Waals surface area (Å²) in [5, 5.41) is 3.72. The minimum atomic E-state index is 0.338. The third-order valence-corrected chi connectivity index (χ3v) is 2.85. The number of hydrogen-bond donors (Lipinski definition) is 2. The van der Waals surface area contributed by atoms with Gasteiger partial charge in [-0.05, 0) is 18.2 Å². The van der Waals surface area contributed by atoms with E-state index in [1.807, 2.05) is 18.2 Å². The summed E-state index contributed by atoms with van der Waals surface area (Å²) in [5.41, 5.74) is 6.48. The molecule has 0 fully saturated rings. The molecular weight excluding hydrogens is 226 g/mol. The minimum absolute atomic E-state index is 0.338. The molecule has 16 heavy (non-hydrogen) atoms. The molecule has 0 atom stereocenters. The summed E-state index contributed by atoms with van der Waals surface area (Å²) >= 11 is 1.35. The summed E-state index contributed by atoms with van der Waals surface area (Å²) < 4.78 is 10.4. The lowest BCUT2D eigenvalue weighted by Crippen LogP contribution is -2.09. The second-order valence-electron chi connectivity index (χ2n) is 2.93. The first kappa shape index (κ1) is 12.5. The molecule has 0 aromatic heterocycles. The highest BCUT2D eigenvalue weighted by atomic mass is 32.2. The third-order valence-electron chi connectivity index (χ3n) is 1.99. The van der Waals surface area contributed by atoms with Crippen LogP contribution in [-0.4, -0.2) is 19.4 Å². The van der Waals surface area contributed by atoms with Crippen molar-refractivity contribution >= 4 is 16.9 Å². The topological polar surface area (TPSA) is 82.9 Å². The summed E-state index contributed by atoms with van der Waals surface area (Å²) in [5.74, 6) is 7.25. The number of hydrogen-bond acceptors (Lipinski definition) is 5. The number of ether oxygens (including phenoxy) is 2. The van der Waals surface area contributed by atoms with E-state index < -0.39 is 0 Å². The maximum atomic E-state index is 5.50. The van der Waals surface area contributed by atoms with Crippen molar-refractivity contribution in [3.05, 3.63) is 23.8 Å². The average molecular weight is 241 g/mol. The largest absolute Gasteiger partial charge is 0.497 e. The van der Waals surface area contributed by atoms with Crippen LogP contribution in [0.3, 0.4) is 0 Å². The Morgan fingerprint density at radius 2 is 2.12 bits per heavy atom. The molecule has 1 rings (SSSR count). The second kappa shape index (κ2) is 6.12. The van der Waals surface area contributed by atoms with Gasteiger partial charge in [-0.1, -0.05) is 11.8 Å². The van der Waals surface area contributed by atoms with Gasteiger partial charge in [-0.25, -0.2) is 0 Å². The molecule has 0 aliphatic carbocycles. The molecule has 0 spiro atoms. The van der Waals surface area contributed by atoms with Crippen LogP contribution in [0.4, 0.5) is 0 Å². The van der Waals surface area contributed by atoms with E-state index in [1.165, 1.54) is 11.8 Å². The molecule has 0 bridgehead atoms. The summed E-state index contributed by atoms with van der Waals surface area (Å²) in [6.07, 6.45) is 0. The first-order valence-corrected chi connectivity index (χ1v) is 5.57. The molecule has 0 heterocycles. The van der Waals surface area contributed by atoms with Crippen LogP contribution in [0, 0.1) is 0 Å². The van der Waals surface area contributed by atoms with Gasteiger partial charge in [0.1, 0.15) is 11.5 Å². The van der Waals surface area contributed by atoms with Gasteiger partial charge in [-0.3, -0.25) is 0 Å². The van der Waals surface area contributed by atoms with Crippen molar-refractivity contribution in [2.24, 2.45) is 16.7 Å². The highest BCUT2D eigenvalue weighted by Crippen LogP contribution is 2.27. The predicted molar refractivity (Wildman–Crippen MR) is 66.7 cm³/mol. The number of amidine groups is 1. The van der Waals surface area contributed by atoms with E-state index in [0.29, 0.717) is 10.9 Å². The van der Waals surface area contributed by atoms with E-state index in [1.54, 1.807) is 14.2 Å². The van der Waals surface area contributed by atoms with Crippen molar-refractivity contribution in [3.63, 3.8) is 0 Å². The smallest absolute Gasteiger partial charge is 0.177 e. The minimum Gasteiger partial charge on any atom is -0.497 e. The van der Waals surface area contributed by atoms with Gasteiger partial charge in [-0.2, -0.15) is 5.10 Å². The molecule has 4 N–H and O–H groups in total. The van der Waals surface area contributed by atoms with Crippen molar-refractivity contribution in [3.8, 4) is 11.5 Å². The lowest BCUT2D eigenvalue weighted by Gasteiger charge is -2.09. The van der Waals surface area contributed by atoms with Gasteiger partial charge in [0.25, 0.3) is 0 Å². The molecule has 0 amide bonds. The Bertz CT molecular complexity index is 382. The number of hydrazone groups is 1. The monoisotopic (exact) mass is 241 g/mol. The van der Waals surface area contributed by atoms with E-state index in [4.69, 9.17) is 21.1 Å². The summed E-state index contributed by atoms with van der Waals surface area (Å²) in [6.45, 7) is 0. The highest BCUT2D eigenvalue weighted by Gasteiger charge is 2.06. The quantitative estimate of drug-likeness (QED) is 0.357. The molecule has 1 aromatic carbocycles. The van der Waals surface area contributed by atoms with Crippen LogP contribution in [-0.2, 0) is 5.75 Å². The number of thioether (sulfide) groups is 1. The summed E-state index contributed by atoms with van der Waals surface area (Å²) in [7, 11) is 3.24. The molecule has 1 aromatic rings. The fraction of sp³-hybridized carbons (Fsp3) is 0.300. The van der Waals surface area contributed by atoms with Gasteiger partial charge in [0.05, 0.1) is 14.2 Å². The molecule has 0 aliphatic rings. The van der Waals surface area contributed by atoms with E-state index in [-0.39, 0.29) is 0 Å². The molecule has 0 saturated heterocycles. The number of benzene rings is 1. The van der Waals surface area contributed by atoms with Gasteiger partial charge in [0.15, 0.2) is 5.17 Å². The zero-order valence-electron chi connectivity index (χ0n) is 9.27.